The van der Waals surface area contributed by atoms with Gasteiger partial charge in [-0.3, -0.25) is 14.5 Å². The van der Waals surface area contributed by atoms with Gasteiger partial charge in [-0.25, -0.2) is 0 Å². The third-order valence-electron chi connectivity index (χ3n) is 5.02. The summed E-state index contributed by atoms with van der Waals surface area (Å²) in [6.07, 6.45) is 0. The molecule has 0 bridgehead atoms. The number of nitrogens with one attached hydrogen (secondary N) is 1. The van der Waals surface area contributed by atoms with Crippen LogP contribution in [-0.4, -0.2) is 37.0 Å². The summed E-state index contributed by atoms with van der Waals surface area (Å²) in [5, 5.41) is 5.56. The molecule has 0 fully saturated rings. The predicted octanol–water partition coefficient (Wildman–Crippen LogP) is 4.99. The normalized spacial score (nSPS) is 13.7. The molecule has 32 heavy (non-hydrogen) atoms. The summed E-state index contributed by atoms with van der Waals surface area (Å²) >= 11 is 7.64. The van der Waals surface area contributed by atoms with E-state index in [0.717, 1.165) is 16.2 Å². The van der Waals surface area contributed by atoms with E-state index in [2.05, 4.69) is 5.32 Å². The Hall–Kier alpha value is -3.29. The molecular formula is C24H21ClN2O4S. The predicted molar refractivity (Wildman–Crippen MR) is 126 cm³/mol. The molecule has 0 radical (unpaired) electrons. The first-order valence-corrected chi connectivity index (χ1v) is 11.2. The first kappa shape index (κ1) is 21.9. The number of anilines is 1. The molecule has 0 unspecified atom stereocenters. The van der Waals surface area contributed by atoms with Crippen LogP contribution in [0.15, 0.2) is 65.7 Å². The van der Waals surface area contributed by atoms with Crippen molar-refractivity contribution >= 4 is 46.0 Å². The van der Waals surface area contributed by atoms with Gasteiger partial charge in [0.05, 0.1) is 19.2 Å². The topological polar surface area (TPSA) is 67.9 Å². The summed E-state index contributed by atoms with van der Waals surface area (Å²) in [7, 11) is 1.59. The highest BCUT2D eigenvalue weighted by Gasteiger charge is 2.39. The van der Waals surface area contributed by atoms with Crippen LogP contribution in [-0.2, 0) is 9.59 Å². The fourth-order valence-corrected chi connectivity index (χ4v) is 4.23. The molecule has 3 aromatic rings. The SMILES string of the molecule is COc1ccc(OCCN2C(=O)C(Nc3ccc(C)c(Cl)c3)=C(c3cccs3)C2=O)cc1. The number of nitrogens with zero attached hydrogens (tertiary/aromatic N) is 1. The molecule has 0 atom stereocenters. The summed E-state index contributed by atoms with van der Waals surface area (Å²) in [5.74, 6) is 0.605. The average Bonchev–Trinajstić information content (AvgIpc) is 3.39. The second-order valence-electron chi connectivity index (χ2n) is 7.10. The van der Waals surface area contributed by atoms with Crippen molar-refractivity contribution in [3.8, 4) is 11.5 Å². The zero-order chi connectivity index (χ0) is 22.7. The van der Waals surface area contributed by atoms with Crippen LogP contribution < -0.4 is 14.8 Å². The van der Waals surface area contributed by atoms with Crippen molar-refractivity contribution in [1.82, 2.24) is 4.90 Å². The molecule has 1 aromatic heterocycles. The minimum atomic E-state index is -0.395. The number of rotatable bonds is 8. The highest BCUT2D eigenvalue weighted by molar-refractivity contribution is 7.11. The van der Waals surface area contributed by atoms with Crippen molar-refractivity contribution in [2.45, 2.75) is 6.92 Å². The quantitative estimate of drug-likeness (QED) is 0.472. The third kappa shape index (κ3) is 4.49. The number of thiophene rings is 1. The Morgan fingerprint density at radius 3 is 2.44 bits per heavy atom. The van der Waals surface area contributed by atoms with Gasteiger partial charge in [0.1, 0.15) is 23.8 Å². The van der Waals surface area contributed by atoms with E-state index >= 15 is 0 Å². The average molecular weight is 469 g/mol. The van der Waals surface area contributed by atoms with E-state index in [4.69, 9.17) is 21.1 Å². The van der Waals surface area contributed by atoms with Crippen LogP contribution in [0.4, 0.5) is 5.69 Å². The van der Waals surface area contributed by atoms with Gasteiger partial charge in [-0.1, -0.05) is 23.7 Å². The van der Waals surface area contributed by atoms with E-state index < -0.39 is 5.91 Å². The Bertz CT molecular complexity index is 1170. The van der Waals surface area contributed by atoms with Crippen molar-refractivity contribution in [2.24, 2.45) is 0 Å². The zero-order valence-corrected chi connectivity index (χ0v) is 19.1. The van der Waals surface area contributed by atoms with Crippen LogP contribution in [0.3, 0.4) is 0 Å². The summed E-state index contributed by atoms with van der Waals surface area (Å²) in [6, 6.07) is 16.2. The minimum absolute atomic E-state index is 0.123. The van der Waals surface area contributed by atoms with Crippen LogP contribution in [0, 0.1) is 6.92 Å². The number of benzene rings is 2. The molecule has 2 heterocycles. The Balaban J connectivity index is 1.52. The maximum Gasteiger partial charge on any atom is 0.278 e. The highest BCUT2D eigenvalue weighted by Crippen LogP contribution is 2.33. The number of aryl methyl sites for hydroxylation is 1. The smallest absolute Gasteiger partial charge is 0.278 e. The molecule has 6 nitrogen and oxygen atoms in total. The summed E-state index contributed by atoms with van der Waals surface area (Å²) in [5.41, 5.74) is 2.16. The number of carbonyl (C=O) groups is 2. The van der Waals surface area contributed by atoms with Crippen molar-refractivity contribution < 1.29 is 19.1 Å². The van der Waals surface area contributed by atoms with Crippen LogP contribution in [0.5, 0.6) is 11.5 Å². The van der Waals surface area contributed by atoms with E-state index in [1.165, 1.54) is 16.2 Å². The molecule has 2 aromatic carbocycles. The molecule has 1 aliphatic heterocycles. The Labute approximate surface area is 195 Å². The lowest BCUT2D eigenvalue weighted by Gasteiger charge is -2.16. The Morgan fingerprint density at radius 1 is 1.03 bits per heavy atom. The van der Waals surface area contributed by atoms with Gasteiger partial charge in [0.2, 0.25) is 0 Å². The maximum absolute atomic E-state index is 13.2. The first-order valence-electron chi connectivity index (χ1n) is 9.92. The monoisotopic (exact) mass is 468 g/mol. The number of hydrogen-bond donors (Lipinski definition) is 1. The van der Waals surface area contributed by atoms with Gasteiger partial charge in [0.25, 0.3) is 11.8 Å². The van der Waals surface area contributed by atoms with Gasteiger partial charge < -0.3 is 14.8 Å². The van der Waals surface area contributed by atoms with Gasteiger partial charge in [-0.05, 0) is 60.3 Å². The fourth-order valence-electron chi connectivity index (χ4n) is 3.29. The molecule has 0 spiro atoms. The number of imide groups is 1. The molecule has 1 aliphatic rings. The Morgan fingerprint density at radius 2 is 1.78 bits per heavy atom. The molecule has 4 rings (SSSR count). The summed E-state index contributed by atoms with van der Waals surface area (Å²) < 4.78 is 10.8. The number of ether oxygens (including phenoxy) is 2. The van der Waals surface area contributed by atoms with Crippen LogP contribution in [0.1, 0.15) is 10.4 Å². The lowest BCUT2D eigenvalue weighted by molar-refractivity contribution is -0.137. The van der Waals surface area contributed by atoms with Crippen molar-refractivity contribution in [1.29, 1.82) is 0 Å². The minimum Gasteiger partial charge on any atom is -0.497 e. The fraction of sp³-hybridized carbons (Fsp3) is 0.167. The van der Waals surface area contributed by atoms with Crippen molar-refractivity contribution in [2.75, 3.05) is 25.6 Å². The Kier molecular flexibility index (Phi) is 6.48. The molecule has 0 saturated heterocycles. The third-order valence-corrected chi connectivity index (χ3v) is 6.31. The van der Waals surface area contributed by atoms with E-state index in [1.807, 2.05) is 36.6 Å². The molecule has 0 saturated carbocycles. The van der Waals surface area contributed by atoms with Crippen molar-refractivity contribution in [3.63, 3.8) is 0 Å². The largest absolute Gasteiger partial charge is 0.497 e. The van der Waals surface area contributed by atoms with E-state index in [-0.39, 0.29) is 24.8 Å². The van der Waals surface area contributed by atoms with Crippen LogP contribution >= 0.6 is 22.9 Å². The van der Waals surface area contributed by atoms with Gasteiger partial charge in [0, 0.05) is 15.6 Å². The number of halogens is 1. The lowest BCUT2D eigenvalue weighted by Crippen LogP contribution is -2.35. The zero-order valence-electron chi connectivity index (χ0n) is 17.6. The summed E-state index contributed by atoms with van der Waals surface area (Å²) in [4.78, 5) is 28.3. The second-order valence-corrected chi connectivity index (χ2v) is 8.46. The number of methoxy groups -OCH3 is 1. The van der Waals surface area contributed by atoms with Gasteiger partial charge >= 0.3 is 0 Å². The van der Waals surface area contributed by atoms with Crippen molar-refractivity contribution in [3.05, 3.63) is 81.1 Å². The number of amides is 2. The van der Waals surface area contributed by atoms with E-state index in [0.29, 0.717) is 22.0 Å². The van der Waals surface area contributed by atoms with E-state index in [9.17, 15) is 9.59 Å². The van der Waals surface area contributed by atoms with Crippen LogP contribution in [0.2, 0.25) is 5.02 Å². The maximum atomic E-state index is 13.2. The molecule has 1 N–H and O–H groups in total. The first-order chi connectivity index (χ1) is 15.5. The highest BCUT2D eigenvalue weighted by atomic mass is 35.5. The van der Waals surface area contributed by atoms with Gasteiger partial charge in [0.15, 0.2) is 0 Å². The van der Waals surface area contributed by atoms with Crippen LogP contribution in [0.25, 0.3) is 5.57 Å². The molecule has 164 valence electrons. The number of hydrogen-bond acceptors (Lipinski definition) is 6. The van der Waals surface area contributed by atoms with E-state index in [1.54, 1.807) is 37.4 Å². The molecular weight excluding hydrogens is 448 g/mol. The number of carbonyl (C=O) groups excluding carboxylic acids is 2. The summed E-state index contributed by atoms with van der Waals surface area (Å²) in [6.45, 7) is 2.20. The second kappa shape index (κ2) is 9.46. The standard InChI is InChI=1S/C24H21ClN2O4S/c1-15-5-6-16(14-19(15)25)26-22-21(20-4-3-13-32-20)23(28)27(24(22)29)11-12-31-18-9-7-17(30-2)8-10-18/h3-10,13-14,26H,11-12H2,1-2H3. The van der Waals surface area contributed by atoms with Gasteiger partial charge in [-0.15, -0.1) is 11.3 Å². The molecule has 0 aliphatic carbocycles. The molecule has 2 amide bonds. The molecule has 8 heteroatoms. The van der Waals surface area contributed by atoms with Gasteiger partial charge in [-0.2, -0.15) is 0 Å². The lowest BCUT2D eigenvalue weighted by atomic mass is 10.1.